The van der Waals surface area contributed by atoms with Gasteiger partial charge in [0.2, 0.25) is 5.91 Å². The highest BCUT2D eigenvalue weighted by Gasteiger charge is 2.56. The molecule has 2 aliphatic heterocycles. The van der Waals surface area contributed by atoms with Crippen molar-refractivity contribution in [3.05, 3.63) is 39.1 Å². The third-order valence-corrected chi connectivity index (χ3v) is 5.69. The molecule has 1 aromatic rings. The monoisotopic (exact) mass is 398 g/mol. The van der Waals surface area contributed by atoms with E-state index in [0.29, 0.717) is 17.1 Å². The van der Waals surface area contributed by atoms with Gasteiger partial charge in [0.15, 0.2) is 0 Å². The number of carboxylic acids is 1. The largest absolute Gasteiger partial charge is 0.477 e. The first kappa shape index (κ1) is 16.5. The van der Waals surface area contributed by atoms with E-state index in [0.717, 1.165) is 10.0 Å². The minimum atomic E-state index is -1.10. The fourth-order valence-electron chi connectivity index (χ4n) is 3.06. The first-order chi connectivity index (χ1) is 10.9. The minimum Gasteiger partial charge on any atom is -0.477 e. The second-order valence-electron chi connectivity index (χ2n) is 5.62. The van der Waals surface area contributed by atoms with Crippen molar-refractivity contribution in [1.29, 1.82) is 0 Å². The molecule has 3 rings (SSSR count). The van der Waals surface area contributed by atoms with Crippen LogP contribution in [-0.4, -0.2) is 44.1 Å². The number of hydrogen-bond acceptors (Lipinski definition) is 5. The van der Waals surface area contributed by atoms with Gasteiger partial charge in [-0.15, -0.1) is 11.8 Å². The zero-order valence-corrected chi connectivity index (χ0v) is 14.7. The molecule has 23 heavy (non-hydrogen) atoms. The van der Waals surface area contributed by atoms with Crippen LogP contribution in [0.4, 0.5) is 0 Å². The summed E-state index contributed by atoms with van der Waals surface area (Å²) in [5.41, 5.74) is 1.03. The first-order valence-corrected chi connectivity index (χ1v) is 8.87. The fourth-order valence-corrected chi connectivity index (χ4v) is 4.59. The number of halogens is 1. The summed E-state index contributed by atoms with van der Waals surface area (Å²) in [6, 6.07) is 1.69. The van der Waals surface area contributed by atoms with Crippen LogP contribution in [0.2, 0.25) is 0 Å². The van der Waals surface area contributed by atoms with Crippen molar-refractivity contribution in [2.75, 3.05) is 0 Å². The molecule has 0 saturated carbocycles. The number of aliphatic carboxylic acids is 1. The molecule has 0 aromatic carbocycles. The van der Waals surface area contributed by atoms with E-state index in [1.54, 1.807) is 19.3 Å². The number of aliphatic hydroxyl groups excluding tert-OH is 1. The molecular weight excluding hydrogens is 384 g/mol. The van der Waals surface area contributed by atoms with Crippen LogP contribution in [0, 0.1) is 5.92 Å². The lowest BCUT2D eigenvalue weighted by Gasteiger charge is -2.44. The average Bonchev–Trinajstić information content (AvgIpc) is 2.79. The van der Waals surface area contributed by atoms with Crippen molar-refractivity contribution in [2.24, 2.45) is 5.92 Å². The first-order valence-electron chi connectivity index (χ1n) is 7.10. The number of hydrogen-bond donors (Lipinski definition) is 2. The second-order valence-corrected chi connectivity index (χ2v) is 7.61. The van der Waals surface area contributed by atoms with Crippen LogP contribution in [0.1, 0.15) is 18.9 Å². The number of fused-ring (bicyclic) bond motifs is 1. The Morgan fingerprint density at radius 3 is 2.91 bits per heavy atom. The minimum absolute atomic E-state index is 0.0601. The van der Waals surface area contributed by atoms with Gasteiger partial charge in [-0.3, -0.25) is 9.78 Å². The van der Waals surface area contributed by atoms with Crippen LogP contribution in [0.5, 0.6) is 0 Å². The van der Waals surface area contributed by atoms with Crippen molar-refractivity contribution in [2.45, 2.75) is 31.2 Å². The Morgan fingerprint density at radius 2 is 2.30 bits per heavy atom. The van der Waals surface area contributed by atoms with Gasteiger partial charge < -0.3 is 15.1 Å². The molecule has 0 spiro atoms. The molecule has 0 bridgehead atoms. The number of β-lactam (4-membered cyclic amide) rings is 1. The molecule has 3 heterocycles. The molecule has 8 heteroatoms. The normalized spacial score (nSPS) is 24.5. The van der Waals surface area contributed by atoms with Gasteiger partial charge in [0, 0.05) is 33.9 Å². The number of thioether (sulfide) groups is 1. The summed E-state index contributed by atoms with van der Waals surface area (Å²) in [5.74, 6) is -1.33. The van der Waals surface area contributed by atoms with Crippen molar-refractivity contribution < 1.29 is 19.8 Å². The molecule has 122 valence electrons. The Labute approximate surface area is 145 Å². The van der Waals surface area contributed by atoms with Gasteiger partial charge in [0.25, 0.3) is 0 Å². The summed E-state index contributed by atoms with van der Waals surface area (Å²) in [6.07, 6.45) is 3.13. The maximum atomic E-state index is 12.1. The third-order valence-electron chi connectivity index (χ3n) is 4.07. The molecule has 3 atom stereocenters. The molecule has 0 aliphatic carbocycles. The van der Waals surface area contributed by atoms with Gasteiger partial charge in [0.05, 0.1) is 18.1 Å². The van der Waals surface area contributed by atoms with Crippen LogP contribution in [0.25, 0.3) is 0 Å². The van der Waals surface area contributed by atoms with Crippen molar-refractivity contribution >= 4 is 39.6 Å². The maximum Gasteiger partial charge on any atom is 0.353 e. The van der Waals surface area contributed by atoms with E-state index in [-0.39, 0.29) is 17.6 Å². The van der Waals surface area contributed by atoms with E-state index < -0.39 is 18.0 Å². The number of carboxylic acid groups (broad SMARTS) is 1. The molecule has 1 aromatic heterocycles. The maximum absolute atomic E-state index is 12.1. The molecule has 2 N–H and O–H groups in total. The summed E-state index contributed by atoms with van der Waals surface area (Å²) in [5, 5.41) is 19.1. The number of nitrogens with zero attached hydrogens (tertiary/aromatic N) is 2. The van der Waals surface area contributed by atoms with Crippen LogP contribution in [-0.2, 0) is 15.3 Å². The Bertz CT molecular complexity index is 706. The Morgan fingerprint density at radius 1 is 1.57 bits per heavy atom. The van der Waals surface area contributed by atoms with E-state index >= 15 is 0 Å². The molecule has 0 radical (unpaired) electrons. The van der Waals surface area contributed by atoms with Crippen molar-refractivity contribution in [3.63, 3.8) is 0 Å². The number of rotatable bonds is 5. The van der Waals surface area contributed by atoms with E-state index in [4.69, 9.17) is 0 Å². The third kappa shape index (κ3) is 2.90. The Kier molecular flexibility index (Phi) is 4.48. The van der Waals surface area contributed by atoms with Crippen molar-refractivity contribution in [3.8, 4) is 0 Å². The van der Waals surface area contributed by atoms with Crippen LogP contribution in [0.3, 0.4) is 0 Å². The van der Waals surface area contributed by atoms with Gasteiger partial charge in [-0.05, 0) is 34.5 Å². The van der Waals surface area contributed by atoms with E-state index in [1.807, 2.05) is 6.07 Å². The number of carbonyl (C=O) groups excluding carboxylic acids is 1. The highest BCUT2D eigenvalue weighted by Crippen LogP contribution is 2.47. The lowest BCUT2D eigenvalue weighted by molar-refractivity contribution is -0.161. The summed E-state index contributed by atoms with van der Waals surface area (Å²) in [4.78, 5) is 29.7. The predicted molar refractivity (Wildman–Crippen MR) is 88.3 cm³/mol. The number of aromatic nitrogens is 1. The second kappa shape index (κ2) is 6.26. The Hall–Kier alpha value is -1.38. The number of pyridine rings is 1. The van der Waals surface area contributed by atoms with Crippen molar-refractivity contribution in [1.82, 2.24) is 9.88 Å². The van der Waals surface area contributed by atoms with Gasteiger partial charge >= 0.3 is 5.97 Å². The molecule has 6 nitrogen and oxygen atoms in total. The fraction of sp³-hybridized carbons (Fsp3) is 0.400. The number of aliphatic hydroxyl groups is 1. The summed E-state index contributed by atoms with van der Waals surface area (Å²) >= 11 is 4.76. The molecule has 1 unspecified atom stereocenters. The SMILES string of the molecule is CC(O)[C@H]1C(=O)N2C(C(=O)O)=C(SCc3cncc(Br)c3)C[C@H]12. The van der Waals surface area contributed by atoms with E-state index in [2.05, 4.69) is 20.9 Å². The average molecular weight is 399 g/mol. The lowest BCUT2D eigenvalue weighted by Crippen LogP contribution is -2.61. The van der Waals surface area contributed by atoms with Gasteiger partial charge in [-0.2, -0.15) is 0 Å². The van der Waals surface area contributed by atoms with Gasteiger partial charge in [0.1, 0.15) is 5.70 Å². The zero-order valence-electron chi connectivity index (χ0n) is 12.3. The lowest BCUT2D eigenvalue weighted by atomic mass is 9.83. The standard InChI is InChI=1S/C15H15BrN2O4S/c1-7(19)12-10-3-11(13(15(21)22)18(10)14(12)20)23-6-8-2-9(16)5-17-4-8/h2,4-5,7,10,12,19H,3,6H2,1H3,(H,21,22)/t7?,10-,12-/m1/s1. The van der Waals surface area contributed by atoms with Crippen LogP contribution < -0.4 is 0 Å². The van der Waals surface area contributed by atoms with Crippen LogP contribution >= 0.6 is 27.7 Å². The molecule has 1 fully saturated rings. The van der Waals surface area contributed by atoms with Gasteiger partial charge in [-0.25, -0.2) is 4.79 Å². The topological polar surface area (TPSA) is 90.7 Å². The van der Waals surface area contributed by atoms with Gasteiger partial charge in [-0.1, -0.05) is 0 Å². The van der Waals surface area contributed by atoms with E-state index in [1.165, 1.54) is 16.7 Å². The number of carbonyl (C=O) groups is 2. The highest BCUT2D eigenvalue weighted by molar-refractivity contribution is 9.10. The Balaban J connectivity index is 1.78. The molecule has 1 saturated heterocycles. The summed E-state index contributed by atoms with van der Waals surface area (Å²) < 4.78 is 0.864. The zero-order chi connectivity index (χ0) is 16.7. The molecule has 2 aliphatic rings. The molecular formula is C15H15BrN2O4S. The quantitative estimate of drug-likeness (QED) is 0.736. The summed E-state index contributed by atoms with van der Waals surface area (Å²) in [6.45, 7) is 1.57. The smallest absolute Gasteiger partial charge is 0.353 e. The predicted octanol–water partition coefficient (Wildman–Crippen LogP) is 1.99. The highest BCUT2D eigenvalue weighted by atomic mass is 79.9. The van der Waals surface area contributed by atoms with Crippen LogP contribution in [0.15, 0.2) is 33.5 Å². The summed E-state index contributed by atoms with van der Waals surface area (Å²) in [7, 11) is 0. The number of amides is 1. The molecule has 1 amide bonds. The van der Waals surface area contributed by atoms with E-state index in [9.17, 15) is 19.8 Å².